The number of carbonyl (C=O) groups excluding carboxylic acids is 2. The third kappa shape index (κ3) is 5.44. The van der Waals surface area contributed by atoms with Gasteiger partial charge in [0.1, 0.15) is 0 Å². The molecule has 0 aliphatic carbocycles. The number of pyridine rings is 1. The number of H-pyrrole nitrogens is 1. The van der Waals surface area contributed by atoms with E-state index in [9.17, 15) is 14.4 Å². The summed E-state index contributed by atoms with van der Waals surface area (Å²) in [4.78, 5) is 41.0. The highest BCUT2D eigenvalue weighted by atomic mass is 16.2. The average Bonchev–Trinajstić information content (AvgIpc) is 2.71. The number of aromatic nitrogens is 1. The lowest BCUT2D eigenvalue weighted by Gasteiger charge is -2.13. The third-order valence-electron chi connectivity index (χ3n) is 4.57. The summed E-state index contributed by atoms with van der Waals surface area (Å²) in [5, 5.41) is 6.25. The fourth-order valence-electron chi connectivity index (χ4n) is 2.94. The molecule has 29 heavy (non-hydrogen) atoms. The molecule has 1 aromatic heterocycles. The molecule has 0 spiro atoms. The van der Waals surface area contributed by atoms with Crippen LogP contribution in [0.1, 0.15) is 12.0 Å². The molecule has 7 nitrogen and oxygen atoms in total. The van der Waals surface area contributed by atoms with Crippen molar-refractivity contribution >= 4 is 34.1 Å². The van der Waals surface area contributed by atoms with Crippen molar-refractivity contribution in [3.05, 3.63) is 70.5 Å². The molecule has 0 aliphatic rings. The fraction of sp³-hybridized carbons (Fsp3) is 0.227. The monoisotopic (exact) mass is 392 g/mol. The summed E-state index contributed by atoms with van der Waals surface area (Å²) < 4.78 is 0. The molecule has 0 unspecified atom stereocenters. The summed E-state index contributed by atoms with van der Waals surface area (Å²) in [7, 11) is 3.88. The molecule has 1 heterocycles. The minimum atomic E-state index is -0.306. The normalized spacial score (nSPS) is 10.6. The lowest BCUT2D eigenvalue weighted by Crippen LogP contribution is -2.33. The number of nitrogens with one attached hydrogen (secondary N) is 3. The molecule has 3 aromatic rings. The van der Waals surface area contributed by atoms with Crippen LogP contribution in [-0.2, 0) is 16.0 Å². The Balaban J connectivity index is 1.48. The largest absolute Gasteiger partial charge is 0.378 e. The van der Waals surface area contributed by atoms with Crippen LogP contribution < -0.4 is 21.1 Å². The van der Waals surface area contributed by atoms with Crippen molar-refractivity contribution in [2.45, 2.75) is 12.8 Å². The van der Waals surface area contributed by atoms with Crippen LogP contribution in [-0.4, -0.2) is 37.4 Å². The molecule has 0 atom stereocenters. The Morgan fingerprint density at radius 1 is 1.00 bits per heavy atom. The van der Waals surface area contributed by atoms with E-state index in [0.717, 1.165) is 16.6 Å². The number of para-hydroxylation sites is 1. The zero-order chi connectivity index (χ0) is 20.8. The first kappa shape index (κ1) is 20.1. The second-order valence-corrected chi connectivity index (χ2v) is 6.98. The molecule has 2 aromatic carbocycles. The minimum absolute atomic E-state index is 0.123. The van der Waals surface area contributed by atoms with E-state index in [0.29, 0.717) is 17.7 Å². The topological polar surface area (TPSA) is 94.3 Å². The van der Waals surface area contributed by atoms with Gasteiger partial charge in [-0.25, -0.2) is 0 Å². The SMILES string of the molecule is CN(C)c1ccc(NC(=O)CNC(=O)CCc2cc3ccccc3[nH]c2=O)cc1. The maximum atomic E-state index is 12.1. The number of aromatic amines is 1. The number of benzene rings is 2. The molecular formula is C22H24N4O3. The van der Waals surface area contributed by atoms with Gasteiger partial charge in [-0.3, -0.25) is 14.4 Å². The molecule has 2 amide bonds. The Labute approximate surface area is 168 Å². The van der Waals surface area contributed by atoms with Gasteiger partial charge in [0.15, 0.2) is 0 Å². The smallest absolute Gasteiger partial charge is 0.251 e. The zero-order valence-corrected chi connectivity index (χ0v) is 16.5. The lowest BCUT2D eigenvalue weighted by atomic mass is 10.1. The van der Waals surface area contributed by atoms with Gasteiger partial charge in [-0.2, -0.15) is 0 Å². The van der Waals surface area contributed by atoms with Crippen LogP contribution in [0.15, 0.2) is 59.4 Å². The third-order valence-corrected chi connectivity index (χ3v) is 4.57. The number of hydrogen-bond donors (Lipinski definition) is 3. The van der Waals surface area contributed by atoms with Gasteiger partial charge in [0.2, 0.25) is 11.8 Å². The van der Waals surface area contributed by atoms with E-state index < -0.39 is 0 Å². The standard InChI is InChI=1S/C22H24N4O3/c1-26(2)18-10-8-17(9-11-18)24-21(28)14-23-20(27)12-7-16-13-15-5-3-4-6-19(15)25-22(16)29/h3-6,8-11,13H,7,12,14H2,1-2H3,(H,23,27)(H,24,28)(H,25,29). The Bertz CT molecular complexity index is 1070. The van der Waals surface area contributed by atoms with E-state index >= 15 is 0 Å². The van der Waals surface area contributed by atoms with Crippen molar-refractivity contribution in [1.29, 1.82) is 0 Å². The highest BCUT2D eigenvalue weighted by Gasteiger charge is 2.09. The molecule has 3 rings (SSSR count). The zero-order valence-electron chi connectivity index (χ0n) is 16.5. The number of nitrogens with zero attached hydrogens (tertiary/aromatic N) is 1. The van der Waals surface area contributed by atoms with Crippen molar-refractivity contribution in [1.82, 2.24) is 10.3 Å². The summed E-state index contributed by atoms with van der Waals surface area (Å²) in [6.45, 7) is -0.123. The predicted octanol–water partition coefficient (Wildman–Crippen LogP) is 2.28. The maximum Gasteiger partial charge on any atom is 0.251 e. The quantitative estimate of drug-likeness (QED) is 0.575. The number of rotatable bonds is 7. The highest BCUT2D eigenvalue weighted by molar-refractivity contribution is 5.94. The van der Waals surface area contributed by atoms with Crippen molar-refractivity contribution < 1.29 is 9.59 Å². The Morgan fingerprint density at radius 2 is 1.72 bits per heavy atom. The molecule has 0 fully saturated rings. The van der Waals surface area contributed by atoms with E-state index in [2.05, 4.69) is 15.6 Å². The maximum absolute atomic E-state index is 12.1. The van der Waals surface area contributed by atoms with Crippen LogP contribution in [0.5, 0.6) is 0 Å². The Hall–Kier alpha value is -3.61. The van der Waals surface area contributed by atoms with Crippen molar-refractivity contribution in [3.63, 3.8) is 0 Å². The van der Waals surface area contributed by atoms with Crippen LogP contribution >= 0.6 is 0 Å². The molecule has 0 bridgehead atoms. The molecule has 150 valence electrons. The fourth-order valence-corrected chi connectivity index (χ4v) is 2.94. The van der Waals surface area contributed by atoms with E-state index in [1.807, 2.05) is 55.4 Å². The minimum Gasteiger partial charge on any atom is -0.378 e. The van der Waals surface area contributed by atoms with Gasteiger partial charge in [-0.05, 0) is 48.2 Å². The van der Waals surface area contributed by atoms with E-state index in [4.69, 9.17) is 0 Å². The molecule has 0 saturated heterocycles. The molecule has 0 radical (unpaired) electrons. The van der Waals surface area contributed by atoms with Crippen LogP contribution in [0.3, 0.4) is 0 Å². The molecular weight excluding hydrogens is 368 g/mol. The second-order valence-electron chi connectivity index (χ2n) is 6.98. The van der Waals surface area contributed by atoms with Crippen molar-refractivity contribution in [2.75, 3.05) is 30.9 Å². The molecule has 3 N–H and O–H groups in total. The summed E-state index contributed by atoms with van der Waals surface area (Å²) in [5.41, 5.74) is 2.80. The van der Waals surface area contributed by atoms with Gasteiger partial charge in [-0.15, -0.1) is 0 Å². The molecule has 0 saturated carbocycles. The van der Waals surface area contributed by atoms with Gasteiger partial charge in [0.05, 0.1) is 6.54 Å². The lowest BCUT2D eigenvalue weighted by molar-refractivity contribution is -0.124. The van der Waals surface area contributed by atoms with E-state index in [1.165, 1.54) is 0 Å². The van der Waals surface area contributed by atoms with Crippen molar-refractivity contribution in [3.8, 4) is 0 Å². The first-order chi connectivity index (χ1) is 13.9. The summed E-state index contributed by atoms with van der Waals surface area (Å²) in [6.07, 6.45) is 0.436. The number of aryl methyl sites for hydroxylation is 1. The number of carbonyl (C=O) groups is 2. The summed E-state index contributed by atoms with van der Waals surface area (Å²) >= 11 is 0. The van der Waals surface area contributed by atoms with Gasteiger partial charge in [-0.1, -0.05) is 18.2 Å². The van der Waals surface area contributed by atoms with Crippen molar-refractivity contribution in [2.24, 2.45) is 0 Å². The highest BCUT2D eigenvalue weighted by Crippen LogP contribution is 2.15. The van der Waals surface area contributed by atoms with Gasteiger partial charge in [0, 0.05) is 43.0 Å². The van der Waals surface area contributed by atoms with Crippen LogP contribution in [0, 0.1) is 0 Å². The number of anilines is 2. The van der Waals surface area contributed by atoms with Crippen LogP contribution in [0.25, 0.3) is 10.9 Å². The number of fused-ring (bicyclic) bond motifs is 1. The van der Waals surface area contributed by atoms with Gasteiger partial charge < -0.3 is 20.5 Å². The second kappa shape index (κ2) is 9.05. The van der Waals surface area contributed by atoms with Gasteiger partial charge in [0.25, 0.3) is 5.56 Å². The predicted molar refractivity (Wildman–Crippen MR) is 115 cm³/mol. The van der Waals surface area contributed by atoms with E-state index in [1.54, 1.807) is 18.2 Å². The Morgan fingerprint density at radius 3 is 2.45 bits per heavy atom. The molecule has 7 heteroatoms. The first-order valence-electron chi connectivity index (χ1n) is 9.37. The number of amides is 2. The van der Waals surface area contributed by atoms with Crippen LogP contribution in [0.2, 0.25) is 0 Å². The van der Waals surface area contributed by atoms with Crippen LogP contribution in [0.4, 0.5) is 11.4 Å². The number of hydrogen-bond acceptors (Lipinski definition) is 4. The average molecular weight is 392 g/mol. The van der Waals surface area contributed by atoms with E-state index in [-0.39, 0.29) is 30.3 Å². The Kier molecular flexibility index (Phi) is 6.29. The van der Waals surface area contributed by atoms with Gasteiger partial charge >= 0.3 is 0 Å². The molecule has 0 aliphatic heterocycles. The summed E-state index contributed by atoms with van der Waals surface area (Å²) in [6, 6.07) is 16.7. The summed E-state index contributed by atoms with van der Waals surface area (Å²) in [5.74, 6) is -0.588. The first-order valence-corrected chi connectivity index (χ1v) is 9.37.